The topological polar surface area (TPSA) is 62.5 Å². The maximum absolute atomic E-state index is 12.6. The van der Waals surface area contributed by atoms with Gasteiger partial charge < -0.3 is 9.32 Å². The van der Waals surface area contributed by atoms with Crippen LogP contribution in [0.25, 0.3) is 11.5 Å². The minimum absolute atomic E-state index is 0.116. The van der Waals surface area contributed by atoms with Gasteiger partial charge in [-0.3, -0.25) is 9.69 Å². The molecule has 0 unspecified atom stereocenters. The first-order valence-corrected chi connectivity index (χ1v) is 10.7. The molecule has 0 atom stereocenters. The van der Waals surface area contributed by atoms with E-state index in [-0.39, 0.29) is 5.91 Å². The Morgan fingerprint density at radius 3 is 2.48 bits per heavy atom. The van der Waals surface area contributed by atoms with Gasteiger partial charge >= 0.3 is 0 Å². The van der Waals surface area contributed by atoms with Crippen LogP contribution in [0.5, 0.6) is 0 Å². The quantitative estimate of drug-likeness (QED) is 0.582. The van der Waals surface area contributed by atoms with Crippen LogP contribution in [-0.4, -0.2) is 57.8 Å². The Kier molecular flexibility index (Phi) is 6.27. The number of hydrogen-bond donors (Lipinski definition) is 0. The first-order valence-electron chi connectivity index (χ1n) is 9.75. The van der Waals surface area contributed by atoms with Crippen LogP contribution < -0.4 is 0 Å². The van der Waals surface area contributed by atoms with E-state index in [9.17, 15) is 4.79 Å². The molecule has 0 spiro atoms. The van der Waals surface area contributed by atoms with E-state index in [2.05, 4.69) is 39.4 Å². The van der Waals surface area contributed by atoms with Crippen molar-refractivity contribution in [3.05, 3.63) is 65.7 Å². The summed E-state index contributed by atoms with van der Waals surface area (Å²) in [5.41, 5.74) is 3.31. The van der Waals surface area contributed by atoms with Crippen LogP contribution in [0.1, 0.15) is 11.1 Å². The minimum Gasteiger partial charge on any atom is -0.411 e. The zero-order valence-corrected chi connectivity index (χ0v) is 17.3. The zero-order valence-electron chi connectivity index (χ0n) is 16.5. The van der Waals surface area contributed by atoms with Crippen molar-refractivity contribution in [2.45, 2.75) is 18.7 Å². The smallest absolute Gasteiger partial charge is 0.277 e. The highest BCUT2D eigenvalue weighted by Gasteiger charge is 2.22. The fourth-order valence-electron chi connectivity index (χ4n) is 3.40. The van der Waals surface area contributed by atoms with E-state index in [0.717, 1.165) is 43.9 Å². The van der Waals surface area contributed by atoms with Crippen molar-refractivity contribution in [2.75, 3.05) is 31.9 Å². The molecule has 6 nitrogen and oxygen atoms in total. The molecule has 1 saturated heterocycles. The standard InChI is InChI=1S/C22H24N4O2S/c1-17-7-5-6-10-19(17)21-23-24-22(28-21)29-16-20(27)26-13-11-25(12-14-26)15-18-8-3-2-4-9-18/h2-10H,11-16H2,1H3. The average molecular weight is 409 g/mol. The Balaban J connectivity index is 1.25. The van der Waals surface area contributed by atoms with Crippen LogP contribution in [0.2, 0.25) is 0 Å². The van der Waals surface area contributed by atoms with E-state index in [0.29, 0.717) is 16.9 Å². The van der Waals surface area contributed by atoms with Crippen molar-refractivity contribution >= 4 is 17.7 Å². The lowest BCUT2D eigenvalue weighted by atomic mass is 10.1. The molecule has 2 aromatic carbocycles. The number of carbonyl (C=O) groups is 1. The second kappa shape index (κ2) is 9.24. The zero-order chi connectivity index (χ0) is 20.1. The number of piperazine rings is 1. The number of thioether (sulfide) groups is 1. The predicted molar refractivity (Wildman–Crippen MR) is 113 cm³/mol. The Bertz CT molecular complexity index is 952. The van der Waals surface area contributed by atoms with E-state index >= 15 is 0 Å². The molecular weight excluding hydrogens is 384 g/mol. The van der Waals surface area contributed by atoms with Gasteiger partial charge in [0.2, 0.25) is 11.8 Å². The highest BCUT2D eigenvalue weighted by atomic mass is 32.2. The first-order chi connectivity index (χ1) is 14.2. The molecule has 1 aliphatic heterocycles. The Morgan fingerprint density at radius 1 is 1.00 bits per heavy atom. The number of nitrogens with zero attached hydrogens (tertiary/aromatic N) is 4. The summed E-state index contributed by atoms with van der Waals surface area (Å²) in [6, 6.07) is 18.3. The summed E-state index contributed by atoms with van der Waals surface area (Å²) >= 11 is 1.30. The minimum atomic E-state index is 0.116. The van der Waals surface area contributed by atoms with Gasteiger partial charge in [-0.15, -0.1) is 10.2 Å². The Morgan fingerprint density at radius 2 is 1.72 bits per heavy atom. The van der Waals surface area contributed by atoms with E-state index in [1.807, 2.05) is 42.2 Å². The molecule has 1 aliphatic rings. The largest absolute Gasteiger partial charge is 0.411 e. The molecule has 150 valence electrons. The second-order valence-corrected chi connectivity index (χ2v) is 8.05. The number of benzene rings is 2. The van der Waals surface area contributed by atoms with E-state index in [1.54, 1.807) is 0 Å². The highest BCUT2D eigenvalue weighted by Crippen LogP contribution is 2.25. The van der Waals surface area contributed by atoms with Crippen LogP contribution in [0.3, 0.4) is 0 Å². The molecule has 1 fully saturated rings. The fourth-order valence-corrected chi connectivity index (χ4v) is 4.07. The number of aromatic nitrogens is 2. The number of aryl methyl sites for hydroxylation is 1. The van der Waals surface area contributed by atoms with Crippen LogP contribution in [0, 0.1) is 6.92 Å². The van der Waals surface area contributed by atoms with Crippen molar-refractivity contribution in [1.82, 2.24) is 20.0 Å². The molecule has 29 heavy (non-hydrogen) atoms. The fraction of sp³-hybridized carbons (Fsp3) is 0.318. The molecule has 7 heteroatoms. The molecule has 4 rings (SSSR count). The van der Waals surface area contributed by atoms with Crippen molar-refractivity contribution < 1.29 is 9.21 Å². The third kappa shape index (κ3) is 5.05. The monoisotopic (exact) mass is 408 g/mol. The summed E-state index contributed by atoms with van der Waals surface area (Å²) in [6.45, 7) is 6.23. The van der Waals surface area contributed by atoms with E-state index in [4.69, 9.17) is 4.42 Å². The van der Waals surface area contributed by atoms with Gasteiger partial charge in [-0.1, -0.05) is 60.3 Å². The maximum atomic E-state index is 12.6. The number of amides is 1. The van der Waals surface area contributed by atoms with Gasteiger partial charge in [0.25, 0.3) is 5.22 Å². The summed E-state index contributed by atoms with van der Waals surface area (Å²) in [7, 11) is 0. The summed E-state index contributed by atoms with van der Waals surface area (Å²) in [5.74, 6) is 0.922. The third-order valence-corrected chi connectivity index (χ3v) is 5.88. The van der Waals surface area contributed by atoms with Crippen LogP contribution >= 0.6 is 11.8 Å². The summed E-state index contributed by atoms with van der Waals surface area (Å²) < 4.78 is 5.73. The third-order valence-electron chi connectivity index (χ3n) is 5.08. The first kappa shape index (κ1) is 19.7. The van der Waals surface area contributed by atoms with Crippen LogP contribution in [0.4, 0.5) is 0 Å². The molecular formula is C22H24N4O2S. The normalized spacial score (nSPS) is 14.9. The lowest BCUT2D eigenvalue weighted by molar-refractivity contribution is -0.130. The molecule has 0 N–H and O–H groups in total. The van der Waals surface area contributed by atoms with Gasteiger partial charge in [0.15, 0.2) is 0 Å². The van der Waals surface area contributed by atoms with E-state index < -0.39 is 0 Å². The van der Waals surface area contributed by atoms with Gasteiger partial charge in [-0.05, 0) is 24.1 Å². The van der Waals surface area contributed by atoms with Gasteiger partial charge in [0.1, 0.15) is 0 Å². The van der Waals surface area contributed by atoms with Crippen molar-refractivity contribution in [3.63, 3.8) is 0 Å². The van der Waals surface area contributed by atoms with Crippen molar-refractivity contribution in [1.29, 1.82) is 0 Å². The predicted octanol–water partition coefficient (Wildman–Crippen LogP) is 3.48. The second-order valence-electron chi connectivity index (χ2n) is 7.12. The molecule has 0 radical (unpaired) electrons. The van der Waals surface area contributed by atoms with Gasteiger partial charge in [-0.2, -0.15) is 0 Å². The van der Waals surface area contributed by atoms with Crippen molar-refractivity contribution in [2.24, 2.45) is 0 Å². The van der Waals surface area contributed by atoms with Gasteiger partial charge in [-0.25, -0.2) is 0 Å². The number of hydrogen-bond acceptors (Lipinski definition) is 6. The number of rotatable bonds is 6. The van der Waals surface area contributed by atoms with Gasteiger partial charge in [0, 0.05) is 38.3 Å². The molecule has 0 bridgehead atoms. The molecule has 0 saturated carbocycles. The SMILES string of the molecule is Cc1ccccc1-c1nnc(SCC(=O)N2CCN(Cc3ccccc3)CC2)o1. The lowest BCUT2D eigenvalue weighted by Gasteiger charge is -2.34. The van der Waals surface area contributed by atoms with Crippen molar-refractivity contribution in [3.8, 4) is 11.5 Å². The van der Waals surface area contributed by atoms with Crippen LogP contribution in [0.15, 0.2) is 64.2 Å². The average Bonchev–Trinajstić information content (AvgIpc) is 3.22. The molecule has 1 aromatic heterocycles. The van der Waals surface area contributed by atoms with Gasteiger partial charge in [0.05, 0.1) is 5.75 Å². The molecule has 0 aliphatic carbocycles. The lowest BCUT2D eigenvalue weighted by Crippen LogP contribution is -2.48. The summed E-state index contributed by atoms with van der Waals surface area (Å²) in [4.78, 5) is 16.9. The highest BCUT2D eigenvalue weighted by molar-refractivity contribution is 7.99. The Labute approximate surface area is 174 Å². The molecule has 2 heterocycles. The Hall–Kier alpha value is -2.64. The summed E-state index contributed by atoms with van der Waals surface area (Å²) in [5, 5.41) is 8.63. The molecule has 3 aromatic rings. The number of carbonyl (C=O) groups excluding carboxylic acids is 1. The van der Waals surface area contributed by atoms with E-state index in [1.165, 1.54) is 17.3 Å². The maximum Gasteiger partial charge on any atom is 0.277 e. The van der Waals surface area contributed by atoms with Crippen LogP contribution in [-0.2, 0) is 11.3 Å². The molecule has 1 amide bonds. The summed E-state index contributed by atoms with van der Waals surface area (Å²) in [6.07, 6.45) is 0.